The Morgan fingerprint density at radius 3 is 2.29 bits per heavy atom. The normalized spacial score (nSPS) is 24.7. The number of rotatable bonds is 2. The molecule has 1 aromatic carbocycles. The Morgan fingerprint density at radius 2 is 1.67 bits per heavy atom. The number of halogens is 4. The first kappa shape index (κ1) is 14.7. The van der Waals surface area contributed by atoms with Crippen molar-refractivity contribution in [2.24, 2.45) is 0 Å². The predicted molar refractivity (Wildman–Crippen MR) is 67.3 cm³/mol. The number of nitrogens with zero attached hydrogens (tertiary/aromatic N) is 1. The number of ether oxygens (including phenoxy) is 1. The van der Waals surface area contributed by atoms with Gasteiger partial charge in [-0.05, 0) is 6.42 Å². The van der Waals surface area contributed by atoms with E-state index in [1.54, 1.807) is 0 Å². The number of nitrogens with one attached hydrogen (secondary N) is 1. The molecule has 2 fully saturated rings. The van der Waals surface area contributed by atoms with Crippen LogP contribution in [0.3, 0.4) is 0 Å². The fraction of sp³-hybridized carbons (Fsp3) is 0.500. The summed E-state index contributed by atoms with van der Waals surface area (Å²) >= 11 is 0. The van der Waals surface area contributed by atoms with Crippen LogP contribution in [-0.4, -0.2) is 37.7 Å². The van der Waals surface area contributed by atoms with Crippen LogP contribution in [0, 0.1) is 29.4 Å². The molecular formula is C14H15F4N2O. The van der Waals surface area contributed by atoms with Crippen LogP contribution < -0.4 is 5.32 Å². The van der Waals surface area contributed by atoms with Gasteiger partial charge in [-0.15, -0.1) is 0 Å². The monoisotopic (exact) mass is 303 g/mol. The smallest absolute Gasteiger partial charge is 0.165 e. The van der Waals surface area contributed by atoms with E-state index in [1.165, 1.54) is 0 Å². The molecular weight excluding hydrogens is 288 g/mol. The van der Waals surface area contributed by atoms with E-state index in [2.05, 4.69) is 5.32 Å². The standard InChI is InChI=1S/C14H15F4N2O/c15-9-6-10(16)14(18)12(13(9)17)8-5-11(19-7-8)20-1-3-21-4-2-20/h6,8,19H,1-5,7H2/t8-/m0/s1. The van der Waals surface area contributed by atoms with Crippen LogP contribution in [0.25, 0.3) is 0 Å². The Labute approximate surface area is 119 Å². The van der Waals surface area contributed by atoms with Crippen LogP contribution in [0.4, 0.5) is 17.6 Å². The third-order valence-corrected chi connectivity index (χ3v) is 3.94. The third-order valence-electron chi connectivity index (χ3n) is 3.94. The van der Waals surface area contributed by atoms with Crippen LogP contribution in [0.15, 0.2) is 6.07 Å². The van der Waals surface area contributed by atoms with Crippen molar-refractivity contribution in [3.8, 4) is 0 Å². The molecule has 0 spiro atoms. The van der Waals surface area contributed by atoms with Gasteiger partial charge in [-0.1, -0.05) is 0 Å². The second-order valence-electron chi connectivity index (χ2n) is 5.21. The zero-order valence-electron chi connectivity index (χ0n) is 11.3. The maximum atomic E-state index is 13.8. The summed E-state index contributed by atoms with van der Waals surface area (Å²) in [4.78, 5) is 2.04. The van der Waals surface area contributed by atoms with Gasteiger partial charge >= 0.3 is 0 Å². The summed E-state index contributed by atoms with van der Waals surface area (Å²) in [6.45, 7) is 2.82. The van der Waals surface area contributed by atoms with Gasteiger partial charge < -0.3 is 4.74 Å². The highest BCUT2D eigenvalue weighted by Crippen LogP contribution is 2.35. The molecule has 2 aliphatic rings. The number of hydrogen-bond acceptors (Lipinski definition) is 3. The van der Waals surface area contributed by atoms with Crippen LogP contribution in [0.5, 0.6) is 0 Å². The molecule has 2 heterocycles. The number of morpholine rings is 1. The maximum absolute atomic E-state index is 13.8. The van der Waals surface area contributed by atoms with Crippen molar-refractivity contribution in [1.82, 2.24) is 10.2 Å². The van der Waals surface area contributed by atoms with E-state index >= 15 is 0 Å². The summed E-state index contributed by atoms with van der Waals surface area (Å²) in [5.74, 6) is -5.94. The maximum Gasteiger partial charge on any atom is 0.165 e. The van der Waals surface area contributed by atoms with E-state index in [1.807, 2.05) is 4.90 Å². The minimum Gasteiger partial charge on any atom is -0.379 e. The fourth-order valence-corrected chi connectivity index (χ4v) is 2.85. The molecule has 1 aromatic rings. The van der Waals surface area contributed by atoms with E-state index < -0.39 is 34.8 Å². The van der Waals surface area contributed by atoms with Crippen LogP contribution >= 0.6 is 0 Å². The lowest BCUT2D eigenvalue weighted by Crippen LogP contribution is -2.42. The molecule has 2 saturated heterocycles. The molecule has 21 heavy (non-hydrogen) atoms. The lowest BCUT2D eigenvalue weighted by atomic mass is 9.95. The summed E-state index contributed by atoms with van der Waals surface area (Å²) in [5, 5.41) is 3.08. The van der Waals surface area contributed by atoms with Crippen LogP contribution in [0.1, 0.15) is 17.9 Å². The first-order valence-electron chi connectivity index (χ1n) is 6.83. The lowest BCUT2D eigenvalue weighted by Gasteiger charge is -2.31. The van der Waals surface area contributed by atoms with Gasteiger partial charge in [0.15, 0.2) is 23.3 Å². The van der Waals surface area contributed by atoms with Gasteiger partial charge in [-0.25, -0.2) is 17.6 Å². The van der Waals surface area contributed by atoms with Crippen LogP contribution in [0.2, 0.25) is 0 Å². The van der Waals surface area contributed by atoms with E-state index in [4.69, 9.17) is 4.74 Å². The lowest BCUT2D eigenvalue weighted by molar-refractivity contribution is 0.0371. The fourth-order valence-electron chi connectivity index (χ4n) is 2.85. The van der Waals surface area contributed by atoms with Crippen molar-refractivity contribution in [3.63, 3.8) is 0 Å². The van der Waals surface area contributed by atoms with E-state index in [9.17, 15) is 17.6 Å². The highest BCUT2D eigenvalue weighted by molar-refractivity contribution is 5.29. The SMILES string of the molecule is Fc1cc(F)c(F)c([C@@H]2CN[C](N3CCOCC3)C2)c1F. The van der Waals surface area contributed by atoms with Crippen molar-refractivity contribution in [1.29, 1.82) is 0 Å². The average Bonchev–Trinajstić information content (AvgIpc) is 2.96. The molecule has 1 N–H and O–H groups in total. The van der Waals surface area contributed by atoms with Gasteiger partial charge in [0.2, 0.25) is 0 Å². The van der Waals surface area contributed by atoms with Gasteiger partial charge in [-0.2, -0.15) is 0 Å². The molecule has 115 valence electrons. The molecule has 0 saturated carbocycles. The van der Waals surface area contributed by atoms with E-state index in [0.29, 0.717) is 32.7 Å². The molecule has 0 aromatic heterocycles. The molecule has 0 unspecified atom stereocenters. The number of benzene rings is 1. The second kappa shape index (κ2) is 5.90. The third kappa shape index (κ3) is 2.77. The minimum absolute atomic E-state index is 0.239. The van der Waals surface area contributed by atoms with Gasteiger partial charge in [0, 0.05) is 37.2 Å². The number of hydrogen-bond donors (Lipinski definition) is 1. The van der Waals surface area contributed by atoms with E-state index in [-0.39, 0.29) is 12.6 Å². The molecule has 2 aliphatic heterocycles. The highest BCUT2D eigenvalue weighted by atomic mass is 19.2. The molecule has 0 bridgehead atoms. The molecule has 1 radical (unpaired) electrons. The van der Waals surface area contributed by atoms with Crippen molar-refractivity contribution in [2.75, 3.05) is 32.8 Å². The summed E-state index contributed by atoms with van der Waals surface area (Å²) in [6.07, 6.45) is 1.17. The zero-order chi connectivity index (χ0) is 15.0. The first-order valence-corrected chi connectivity index (χ1v) is 6.83. The van der Waals surface area contributed by atoms with Crippen molar-refractivity contribution < 1.29 is 22.3 Å². The van der Waals surface area contributed by atoms with Gasteiger partial charge in [-0.3, -0.25) is 10.2 Å². The largest absolute Gasteiger partial charge is 0.379 e. The predicted octanol–water partition coefficient (Wildman–Crippen LogP) is 2.14. The summed E-state index contributed by atoms with van der Waals surface area (Å²) < 4.78 is 59.4. The molecule has 1 atom stereocenters. The summed E-state index contributed by atoms with van der Waals surface area (Å²) in [5.41, 5.74) is -0.511. The molecule has 0 aliphatic carbocycles. The topological polar surface area (TPSA) is 24.5 Å². The Kier molecular flexibility index (Phi) is 4.14. The Morgan fingerprint density at radius 1 is 1.05 bits per heavy atom. The summed E-state index contributed by atoms with van der Waals surface area (Å²) in [6, 6.07) is 0.239. The van der Waals surface area contributed by atoms with Crippen molar-refractivity contribution in [3.05, 3.63) is 41.1 Å². The van der Waals surface area contributed by atoms with E-state index in [0.717, 1.165) is 6.17 Å². The molecule has 3 nitrogen and oxygen atoms in total. The second-order valence-corrected chi connectivity index (χ2v) is 5.21. The van der Waals surface area contributed by atoms with Crippen LogP contribution in [-0.2, 0) is 4.74 Å². The minimum atomic E-state index is -1.36. The Hall–Kier alpha value is -1.18. The first-order chi connectivity index (χ1) is 10.1. The molecule has 3 rings (SSSR count). The van der Waals surface area contributed by atoms with Crippen molar-refractivity contribution >= 4 is 0 Å². The quantitative estimate of drug-likeness (QED) is 0.669. The Balaban J connectivity index is 1.80. The van der Waals surface area contributed by atoms with Gasteiger partial charge in [0.25, 0.3) is 0 Å². The zero-order valence-corrected chi connectivity index (χ0v) is 11.3. The molecule has 7 heteroatoms. The van der Waals surface area contributed by atoms with Crippen molar-refractivity contribution in [2.45, 2.75) is 12.3 Å². The van der Waals surface area contributed by atoms with Gasteiger partial charge in [0.05, 0.1) is 13.2 Å². The van der Waals surface area contributed by atoms with Gasteiger partial charge in [0.1, 0.15) is 6.17 Å². The summed E-state index contributed by atoms with van der Waals surface area (Å²) in [7, 11) is 0. The average molecular weight is 303 g/mol. The highest BCUT2D eigenvalue weighted by Gasteiger charge is 2.35. The Bertz CT molecular complexity index is 508. The molecule has 0 amide bonds.